The normalized spacial score (nSPS) is 11.3. The minimum absolute atomic E-state index is 0.234. The number of nitrogens with zero attached hydrogens (tertiary/aromatic N) is 3. The van der Waals surface area contributed by atoms with E-state index in [1.807, 2.05) is 31.3 Å². The summed E-state index contributed by atoms with van der Waals surface area (Å²) in [6, 6.07) is 5.95. The molecule has 3 N–H and O–H groups in total. The quantitative estimate of drug-likeness (QED) is 0.442. The molecule has 0 saturated carbocycles. The van der Waals surface area contributed by atoms with Gasteiger partial charge in [-0.2, -0.15) is 5.10 Å². The summed E-state index contributed by atoms with van der Waals surface area (Å²) in [6.45, 7) is 1.88. The molecule has 0 fully saturated rings. The SMILES string of the molecule is Cc1nc(C(=O)Nc2cc(-c3c[nH]c4cnccc34)cc3[nH]ncc23)cs1. The number of carbonyl (C=O) groups is 1. The summed E-state index contributed by atoms with van der Waals surface area (Å²) in [6.07, 6.45) is 7.21. The van der Waals surface area contributed by atoms with Gasteiger partial charge in [-0.15, -0.1) is 11.3 Å². The number of amides is 1. The van der Waals surface area contributed by atoms with Crippen LogP contribution in [0.2, 0.25) is 0 Å². The maximum Gasteiger partial charge on any atom is 0.275 e. The van der Waals surface area contributed by atoms with E-state index in [0.29, 0.717) is 11.4 Å². The van der Waals surface area contributed by atoms with Gasteiger partial charge in [0, 0.05) is 34.1 Å². The Morgan fingerprint density at radius 1 is 1.19 bits per heavy atom. The van der Waals surface area contributed by atoms with Crippen LogP contribution in [0.1, 0.15) is 15.5 Å². The van der Waals surface area contributed by atoms with Crippen molar-refractivity contribution in [2.75, 3.05) is 5.32 Å². The van der Waals surface area contributed by atoms with Crippen LogP contribution in [0.4, 0.5) is 5.69 Å². The molecule has 0 atom stereocenters. The fraction of sp³-hybridized carbons (Fsp3) is 0.0526. The van der Waals surface area contributed by atoms with Crippen molar-refractivity contribution < 1.29 is 4.79 Å². The first-order valence-electron chi connectivity index (χ1n) is 8.31. The van der Waals surface area contributed by atoms with E-state index in [9.17, 15) is 4.79 Å². The minimum atomic E-state index is -0.234. The van der Waals surface area contributed by atoms with Crippen molar-refractivity contribution in [1.82, 2.24) is 25.1 Å². The zero-order valence-corrected chi connectivity index (χ0v) is 15.1. The Balaban J connectivity index is 1.62. The number of fused-ring (bicyclic) bond motifs is 2. The standard InChI is InChI=1S/C19H14N6OS/c1-10-23-18(9-27-10)19(26)24-15-4-11(5-16-14(15)7-22-25-16)13-6-21-17-8-20-3-2-12(13)17/h2-9,21H,1H3,(H,22,25)(H,24,26). The molecule has 0 aliphatic heterocycles. The number of aromatic nitrogens is 5. The summed E-state index contributed by atoms with van der Waals surface area (Å²) in [5.41, 5.74) is 4.91. The molecule has 4 heterocycles. The van der Waals surface area contributed by atoms with Gasteiger partial charge in [-0.25, -0.2) is 4.98 Å². The molecule has 5 aromatic rings. The summed E-state index contributed by atoms with van der Waals surface area (Å²) in [5.74, 6) is -0.234. The van der Waals surface area contributed by atoms with E-state index in [1.165, 1.54) is 11.3 Å². The van der Waals surface area contributed by atoms with E-state index in [-0.39, 0.29) is 5.91 Å². The van der Waals surface area contributed by atoms with Gasteiger partial charge in [0.15, 0.2) is 0 Å². The van der Waals surface area contributed by atoms with Crippen LogP contribution in [0.15, 0.2) is 48.4 Å². The number of anilines is 1. The van der Waals surface area contributed by atoms with Gasteiger partial charge in [0.25, 0.3) is 5.91 Å². The Hall–Kier alpha value is -3.52. The second-order valence-electron chi connectivity index (χ2n) is 6.18. The lowest BCUT2D eigenvalue weighted by Gasteiger charge is -2.08. The molecule has 0 spiro atoms. The summed E-state index contributed by atoms with van der Waals surface area (Å²) >= 11 is 1.45. The molecule has 27 heavy (non-hydrogen) atoms. The van der Waals surface area contributed by atoms with E-state index in [1.54, 1.807) is 24.0 Å². The number of aromatic amines is 2. The number of hydrogen-bond acceptors (Lipinski definition) is 5. The Morgan fingerprint density at radius 2 is 2.11 bits per heavy atom. The van der Waals surface area contributed by atoms with Crippen molar-refractivity contribution in [3.8, 4) is 11.1 Å². The Kier molecular flexibility index (Phi) is 3.51. The molecule has 0 radical (unpaired) electrons. The van der Waals surface area contributed by atoms with E-state index in [2.05, 4.69) is 30.5 Å². The molecule has 0 unspecified atom stereocenters. The van der Waals surface area contributed by atoms with E-state index in [0.717, 1.165) is 37.9 Å². The number of aryl methyl sites for hydroxylation is 1. The largest absolute Gasteiger partial charge is 0.359 e. The molecule has 4 aromatic heterocycles. The molecule has 1 aromatic carbocycles. The topological polar surface area (TPSA) is 99.4 Å². The van der Waals surface area contributed by atoms with Gasteiger partial charge in [-0.05, 0) is 30.7 Å². The number of H-pyrrole nitrogens is 2. The first kappa shape index (κ1) is 15.7. The van der Waals surface area contributed by atoms with E-state index < -0.39 is 0 Å². The average Bonchev–Trinajstić information content (AvgIpc) is 3.40. The number of benzene rings is 1. The van der Waals surface area contributed by atoms with Crippen molar-refractivity contribution in [3.63, 3.8) is 0 Å². The first-order valence-corrected chi connectivity index (χ1v) is 9.19. The summed E-state index contributed by atoms with van der Waals surface area (Å²) < 4.78 is 0. The molecule has 7 nitrogen and oxygen atoms in total. The van der Waals surface area contributed by atoms with Crippen LogP contribution in [0.3, 0.4) is 0 Å². The molecule has 0 saturated heterocycles. The smallest absolute Gasteiger partial charge is 0.275 e. The summed E-state index contributed by atoms with van der Waals surface area (Å²) in [5, 5.41) is 14.6. The Labute approximate surface area is 157 Å². The maximum atomic E-state index is 12.6. The molecule has 0 aliphatic carbocycles. The number of nitrogens with one attached hydrogen (secondary N) is 3. The van der Waals surface area contributed by atoms with Crippen molar-refractivity contribution in [2.24, 2.45) is 0 Å². The highest BCUT2D eigenvalue weighted by Crippen LogP contribution is 2.34. The van der Waals surface area contributed by atoms with Crippen LogP contribution in [-0.4, -0.2) is 31.1 Å². The van der Waals surface area contributed by atoms with Gasteiger partial charge >= 0.3 is 0 Å². The lowest BCUT2D eigenvalue weighted by Crippen LogP contribution is -2.12. The van der Waals surface area contributed by atoms with E-state index >= 15 is 0 Å². The third-order valence-electron chi connectivity index (χ3n) is 4.45. The van der Waals surface area contributed by atoms with Gasteiger partial charge in [0.1, 0.15) is 5.69 Å². The Morgan fingerprint density at radius 3 is 2.96 bits per heavy atom. The van der Waals surface area contributed by atoms with Crippen LogP contribution in [0.25, 0.3) is 32.9 Å². The molecular weight excluding hydrogens is 360 g/mol. The molecule has 1 amide bonds. The molecule has 0 aliphatic rings. The van der Waals surface area contributed by atoms with Crippen molar-refractivity contribution in [2.45, 2.75) is 6.92 Å². The summed E-state index contributed by atoms with van der Waals surface area (Å²) in [4.78, 5) is 24.2. The average molecular weight is 374 g/mol. The number of carbonyl (C=O) groups excluding carboxylic acids is 1. The van der Waals surface area contributed by atoms with Crippen molar-refractivity contribution in [3.05, 3.63) is 59.1 Å². The maximum absolute atomic E-state index is 12.6. The first-order chi connectivity index (χ1) is 13.2. The fourth-order valence-corrected chi connectivity index (χ4v) is 3.77. The van der Waals surface area contributed by atoms with Crippen molar-refractivity contribution >= 4 is 44.7 Å². The van der Waals surface area contributed by atoms with Gasteiger partial charge in [-0.3, -0.25) is 14.9 Å². The zero-order valence-electron chi connectivity index (χ0n) is 14.3. The van der Waals surface area contributed by atoms with Crippen LogP contribution in [0.5, 0.6) is 0 Å². The zero-order chi connectivity index (χ0) is 18.4. The highest BCUT2D eigenvalue weighted by atomic mass is 32.1. The lowest BCUT2D eigenvalue weighted by molar-refractivity contribution is 0.102. The van der Waals surface area contributed by atoms with Crippen LogP contribution in [0, 0.1) is 6.92 Å². The van der Waals surface area contributed by atoms with Crippen LogP contribution in [-0.2, 0) is 0 Å². The molecule has 5 rings (SSSR count). The molecule has 8 heteroatoms. The van der Waals surface area contributed by atoms with Gasteiger partial charge in [0.05, 0.1) is 34.1 Å². The molecule has 0 bridgehead atoms. The highest BCUT2D eigenvalue weighted by molar-refractivity contribution is 7.09. The van der Waals surface area contributed by atoms with Gasteiger partial charge in [0.2, 0.25) is 0 Å². The second kappa shape index (κ2) is 6.03. The fourth-order valence-electron chi connectivity index (χ4n) is 3.18. The second-order valence-corrected chi connectivity index (χ2v) is 7.25. The van der Waals surface area contributed by atoms with Crippen molar-refractivity contribution in [1.29, 1.82) is 0 Å². The number of hydrogen-bond donors (Lipinski definition) is 3. The highest BCUT2D eigenvalue weighted by Gasteiger charge is 2.15. The molecule has 132 valence electrons. The number of thiazole rings is 1. The number of rotatable bonds is 3. The predicted molar refractivity (Wildman–Crippen MR) is 106 cm³/mol. The predicted octanol–water partition coefficient (Wildman–Crippen LogP) is 4.12. The summed E-state index contributed by atoms with van der Waals surface area (Å²) in [7, 11) is 0. The van der Waals surface area contributed by atoms with Gasteiger partial charge in [-0.1, -0.05) is 0 Å². The van der Waals surface area contributed by atoms with Crippen LogP contribution >= 0.6 is 11.3 Å². The monoisotopic (exact) mass is 374 g/mol. The van der Waals surface area contributed by atoms with Gasteiger partial charge < -0.3 is 10.3 Å². The minimum Gasteiger partial charge on any atom is -0.359 e. The Bertz CT molecular complexity index is 1300. The number of pyridine rings is 1. The third kappa shape index (κ3) is 2.67. The lowest BCUT2D eigenvalue weighted by atomic mass is 10.0. The third-order valence-corrected chi connectivity index (χ3v) is 5.23. The van der Waals surface area contributed by atoms with Crippen LogP contribution < -0.4 is 5.32 Å². The molecular formula is C19H14N6OS. The van der Waals surface area contributed by atoms with E-state index in [4.69, 9.17) is 0 Å².